The molecule has 0 bridgehead atoms. The van der Waals surface area contributed by atoms with Gasteiger partial charge in [0.1, 0.15) is 10.8 Å². The number of rotatable bonds is 5. The summed E-state index contributed by atoms with van der Waals surface area (Å²) >= 11 is 12.1. The number of nitrogens with zero attached hydrogens (tertiary/aromatic N) is 1. The van der Waals surface area contributed by atoms with Gasteiger partial charge in [-0.25, -0.2) is 5.84 Å². The average molecular weight is 326 g/mol. The van der Waals surface area contributed by atoms with Crippen LogP contribution in [0.15, 0.2) is 30.3 Å². The van der Waals surface area contributed by atoms with Gasteiger partial charge in [0.05, 0.1) is 5.02 Å². The first-order chi connectivity index (χ1) is 10.1. The zero-order chi connectivity index (χ0) is 15.4. The third kappa shape index (κ3) is 3.59. The molecule has 0 aliphatic rings. The summed E-state index contributed by atoms with van der Waals surface area (Å²) in [4.78, 5) is 4.19. The van der Waals surface area contributed by atoms with Crippen LogP contribution in [0.25, 0.3) is 0 Å². The summed E-state index contributed by atoms with van der Waals surface area (Å²) in [6.45, 7) is 4.28. The zero-order valence-electron chi connectivity index (χ0n) is 11.9. The lowest BCUT2D eigenvalue weighted by Crippen LogP contribution is -2.09. The quantitative estimate of drug-likeness (QED) is 0.601. The second kappa shape index (κ2) is 6.98. The van der Waals surface area contributed by atoms with Crippen molar-refractivity contribution >= 4 is 29.0 Å². The molecule has 4 nitrogen and oxygen atoms in total. The van der Waals surface area contributed by atoms with Crippen molar-refractivity contribution in [2.45, 2.75) is 26.2 Å². The Kier molecular flexibility index (Phi) is 5.28. The molecule has 21 heavy (non-hydrogen) atoms. The van der Waals surface area contributed by atoms with Crippen LogP contribution in [0.5, 0.6) is 11.6 Å². The maximum absolute atomic E-state index is 6.13. The summed E-state index contributed by atoms with van der Waals surface area (Å²) in [6, 6.07) is 9.37. The number of halogens is 2. The molecule has 2 aromatic rings. The van der Waals surface area contributed by atoms with E-state index < -0.39 is 0 Å². The highest BCUT2D eigenvalue weighted by molar-refractivity contribution is 6.36. The van der Waals surface area contributed by atoms with Crippen LogP contribution in [-0.4, -0.2) is 4.98 Å². The van der Waals surface area contributed by atoms with Crippen LogP contribution in [0.3, 0.4) is 0 Å². The molecule has 112 valence electrons. The fraction of sp³-hybridized carbons (Fsp3) is 0.267. The van der Waals surface area contributed by atoms with Crippen LogP contribution in [0, 0.1) is 0 Å². The predicted molar refractivity (Wildman–Crippen MR) is 87.3 cm³/mol. The van der Waals surface area contributed by atoms with Gasteiger partial charge in [0, 0.05) is 0 Å². The summed E-state index contributed by atoms with van der Waals surface area (Å²) in [5.74, 6) is 7.05. The monoisotopic (exact) mass is 325 g/mol. The number of nitrogen functional groups attached to an aromatic ring is 1. The summed E-state index contributed by atoms with van der Waals surface area (Å²) in [7, 11) is 0. The number of anilines is 1. The van der Waals surface area contributed by atoms with Crippen molar-refractivity contribution in [2.24, 2.45) is 5.84 Å². The van der Waals surface area contributed by atoms with E-state index in [0.29, 0.717) is 21.8 Å². The Morgan fingerprint density at radius 3 is 2.67 bits per heavy atom. The number of hydrazine groups is 1. The molecule has 6 heteroatoms. The molecule has 1 heterocycles. The van der Waals surface area contributed by atoms with Crippen molar-refractivity contribution in [3.8, 4) is 11.6 Å². The molecule has 2 rings (SSSR count). The van der Waals surface area contributed by atoms with Gasteiger partial charge in [-0.15, -0.1) is 0 Å². The highest BCUT2D eigenvalue weighted by Crippen LogP contribution is 2.36. The zero-order valence-corrected chi connectivity index (χ0v) is 13.4. The van der Waals surface area contributed by atoms with E-state index >= 15 is 0 Å². The minimum Gasteiger partial charge on any atom is -0.437 e. The van der Waals surface area contributed by atoms with Crippen LogP contribution < -0.4 is 16.0 Å². The van der Waals surface area contributed by atoms with E-state index in [1.165, 1.54) is 0 Å². The Labute approximate surface area is 134 Å². The lowest BCUT2D eigenvalue weighted by molar-refractivity contribution is 0.453. The molecule has 1 unspecified atom stereocenters. The summed E-state index contributed by atoms with van der Waals surface area (Å²) < 4.78 is 5.86. The van der Waals surface area contributed by atoms with Gasteiger partial charge in [0.2, 0.25) is 5.88 Å². The molecule has 0 aliphatic carbocycles. The van der Waals surface area contributed by atoms with Crippen molar-refractivity contribution in [2.75, 3.05) is 5.43 Å². The van der Waals surface area contributed by atoms with Crippen LogP contribution in [0.2, 0.25) is 10.0 Å². The fourth-order valence-corrected chi connectivity index (χ4v) is 2.38. The molecule has 1 atom stereocenters. The second-order valence-electron chi connectivity index (χ2n) is 4.70. The summed E-state index contributed by atoms with van der Waals surface area (Å²) in [6.07, 6.45) is 1.01. The maximum atomic E-state index is 6.13. The largest absolute Gasteiger partial charge is 0.437 e. The standard InChI is InChI=1S/C15H17Cl2N3O/c1-3-9(2)10-6-4-5-7-13(10)21-15-12(17)8-11(16)14(19-15)20-18/h4-9H,3,18H2,1-2H3,(H,19,20). The number of nitrogens with one attached hydrogen (secondary N) is 1. The SMILES string of the molecule is CCC(C)c1ccccc1Oc1nc(NN)c(Cl)cc1Cl. The number of nitrogens with two attached hydrogens (primary N) is 1. The predicted octanol–water partition coefficient (Wildman–Crippen LogP) is 4.98. The van der Waals surface area contributed by atoms with Gasteiger partial charge in [0.15, 0.2) is 5.82 Å². The Morgan fingerprint density at radius 1 is 1.29 bits per heavy atom. The number of hydrogen-bond acceptors (Lipinski definition) is 4. The molecule has 0 radical (unpaired) electrons. The normalized spacial score (nSPS) is 12.0. The molecular weight excluding hydrogens is 309 g/mol. The van der Waals surface area contributed by atoms with Crippen LogP contribution in [-0.2, 0) is 0 Å². The van der Waals surface area contributed by atoms with Crippen molar-refractivity contribution in [3.05, 3.63) is 45.9 Å². The molecule has 0 aliphatic heterocycles. The second-order valence-corrected chi connectivity index (χ2v) is 5.51. The first-order valence-corrected chi connectivity index (χ1v) is 7.41. The number of hydrogen-bond donors (Lipinski definition) is 2. The molecule has 0 spiro atoms. The highest BCUT2D eigenvalue weighted by atomic mass is 35.5. The molecule has 1 aromatic carbocycles. The maximum Gasteiger partial charge on any atom is 0.240 e. The first kappa shape index (κ1) is 15.9. The Balaban J connectivity index is 2.39. The number of aromatic nitrogens is 1. The lowest BCUT2D eigenvalue weighted by atomic mass is 9.98. The Morgan fingerprint density at radius 2 is 2.00 bits per heavy atom. The van der Waals surface area contributed by atoms with Gasteiger partial charge < -0.3 is 10.2 Å². The molecule has 0 saturated carbocycles. The van der Waals surface area contributed by atoms with Crippen LogP contribution >= 0.6 is 23.2 Å². The van der Waals surface area contributed by atoms with Crippen molar-refractivity contribution in [3.63, 3.8) is 0 Å². The van der Waals surface area contributed by atoms with Crippen LogP contribution in [0.4, 0.5) is 5.82 Å². The number of ether oxygens (including phenoxy) is 1. The van der Waals surface area contributed by atoms with Crippen molar-refractivity contribution < 1.29 is 4.74 Å². The van der Waals surface area contributed by atoms with Gasteiger partial charge in [-0.1, -0.05) is 55.2 Å². The molecule has 0 fully saturated rings. The number of benzene rings is 1. The Bertz CT molecular complexity index is 634. The molecule has 0 amide bonds. The molecule has 1 aromatic heterocycles. The first-order valence-electron chi connectivity index (χ1n) is 6.66. The van der Waals surface area contributed by atoms with E-state index in [1.807, 2.05) is 24.3 Å². The van der Waals surface area contributed by atoms with E-state index in [2.05, 4.69) is 24.3 Å². The highest BCUT2D eigenvalue weighted by Gasteiger charge is 2.14. The van der Waals surface area contributed by atoms with Gasteiger partial charge >= 0.3 is 0 Å². The average Bonchev–Trinajstić information content (AvgIpc) is 2.49. The van der Waals surface area contributed by atoms with Gasteiger partial charge in [-0.05, 0) is 30.0 Å². The van der Waals surface area contributed by atoms with E-state index in [9.17, 15) is 0 Å². The molecule has 0 saturated heterocycles. The third-order valence-corrected chi connectivity index (χ3v) is 3.86. The fourth-order valence-electron chi connectivity index (χ4n) is 1.93. The van der Waals surface area contributed by atoms with Gasteiger partial charge in [-0.3, -0.25) is 0 Å². The van der Waals surface area contributed by atoms with Gasteiger partial charge in [0.25, 0.3) is 0 Å². The van der Waals surface area contributed by atoms with Crippen LogP contribution in [0.1, 0.15) is 31.7 Å². The van der Waals surface area contributed by atoms with E-state index in [0.717, 1.165) is 17.7 Å². The topological polar surface area (TPSA) is 60.2 Å². The summed E-state index contributed by atoms with van der Waals surface area (Å²) in [5, 5.41) is 0.669. The molecule has 3 N–H and O–H groups in total. The molecular formula is C15H17Cl2N3O. The van der Waals surface area contributed by atoms with E-state index in [-0.39, 0.29) is 5.88 Å². The number of pyridine rings is 1. The van der Waals surface area contributed by atoms with Crippen molar-refractivity contribution in [1.29, 1.82) is 0 Å². The third-order valence-electron chi connectivity index (χ3n) is 3.30. The minimum atomic E-state index is 0.268. The summed E-state index contributed by atoms with van der Waals surface area (Å²) in [5.41, 5.74) is 3.52. The lowest BCUT2D eigenvalue weighted by Gasteiger charge is -2.16. The van der Waals surface area contributed by atoms with Crippen molar-refractivity contribution in [1.82, 2.24) is 4.98 Å². The number of para-hydroxylation sites is 1. The smallest absolute Gasteiger partial charge is 0.240 e. The van der Waals surface area contributed by atoms with E-state index in [1.54, 1.807) is 6.07 Å². The van der Waals surface area contributed by atoms with Gasteiger partial charge in [-0.2, -0.15) is 4.98 Å². The minimum absolute atomic E-state index is 0.268. The Hall–Kier alpha value is -1.49. The van der Waals surface area contributed by atoms with E-state index in [4.69, 9.17) is 33.8 Å².